The molecular weight excluding hydrogens is 411 g/mol. The van der Waals surface area contributed by atoms with Crippen LogP contribution in [-0.4, -0.2) is 23.1 Å². The molecule has 0 aliphatic heterocycles. The molecule has 0 radical (unpaired) electrons. The summed E-state index contributed by atoms with van der Waals surface area (Å²) in [5.74, 6) is -1.99. The van der Waals surface area contributed by atoms with Crippen LogP contribution in [-0.2, 0) is 16.1 Å². The molecule has 0 atom stereocenters. The van der Waals surface area contributed by atoms with Gasteiger partial charge >= 0.3 is 11.9 Å². The third kappa shape index (κ3) is 3.79. The molecule has 0 spiro atoms. The van der Waals surface area contributed by atoms with Crippen LogP contribution in [0.1, 0.15) is 17.5 Å². The number of amides is 1. The van der Waals surface area contributed by atoms with Crippen LogP contribution in [0.25, 0.3) is 21.2 Å². The van der Waals surface area contributed by atoms with Gasteiger partial charge in [-0.2, -0.15) is 4.99 Å². The second-order valence-electron chi connectivity index (χ2n) is 6.28. The van der Waals surface area contributed by atoms with Crippen molar-refractivity contribution in [2.45, 2.75) is 13.5 Å². The number of rotatable bonds is 4. The summed E-state index contributed by atoms with van der Waals surface area (Å²) in [6.07, 6.45) is 0. The van der Waals surface area contributed by atoms with Crippen molar-refractivity contribution < 1.29 is 23.1 Å². The quantitative estimate of drug-likeness (QED) is 0.467. The number of hydrogen-bond donors (Lipinski definition) is 0. The Bertz CT molecular complexity index is 1420. The Morgan fingerprint density at radius 3 is 2.80 bits per heavy atom. The topological polar surface area (TPSA) is 90.9 Å². The average Bonchev–Trinajstić information content (AvgIpc) is 3.04. The first kappa shape index (κ1) is 19.7. The second-order valence-corrected chi connectivity index (χ2v) is 7.28. The highest BCUT2D eigenvalue weighted by molar-refractivity contribution is 7.16. The largest absolute Gasteiger partial charge is 0.465 e. The molecule has 0 unspecified atom stereocenters. The summed E-state index contributed by atoms with van der Waals surface area (Å²) in [6.45, 7) is 1.68. The summed E-state index contributed by atoms with van der Waals surface area (Å²) < 4.78 is 26.1. The van der Waals surface area contributed by atoms with Crippen LogP contribution < -0.4 is 10.2 Å². The van der Waals surface area contributed by atoms with Crippen LogP contribution in [0.2, 0.25) is 0 Å². The molecule has 2 aromatic carbocycles. The molecule has 7 nitrogen and oxygen atoms in total. The molecule has 0 saturated carbocycles. The third-order valence-electron chi connectivity index (χ3n) is 4.28. The zero-order valence-corrected chi connectivity index (χ0v) is 16.6. The molecule has 0 aliphatic carbocycles. The van der Waals surface area contributed by atoms with Gasteiger partial charge in [-0.3, -0.25) is 14.4 Å². The van der Waals surface area contributed by atoms with E-state index in [1.165, 1.54) is 22.8 Å². The van der Waals surface area contributed by atoms with Crippen LogP contribution in [0, 0.1) is 5.82 Å². The van der Waals surface area contributed by atoms with E-state index in [9.17, 15) is 18.8 Å². The molecule has 152 valence electrons. The summed E-state index contributed by atoms with van der Waals surface area (Å²) >= 11 is 1.04. The van der Waals surface area contributed by atoms with Gasteiger partial charge < -0.3 is 13.7 Å². The molecule has 2 aromatic heterocycles. The van der Waals surface area contributed by atoms with Gasteiger partial charge in [0.2, 0.25) is 0 Å². The average molecular weight is 426 g/mol. The monoisotopic (exact) mass is 426 g/mol. The number of halogens is 1. The van der Waals surface area contributed by atoms with Crippen molar-refractivity contribution in [3.8, 4) is 0 Å². The summed E-state index contributed by atoms with van der Waals surface area (Å²) in [5.41, 5.74) is 0.426. The SMILES string of the molecule is CCOC(=O)Cn1c(=NC(=O)c2cc(=O)c3ccccc3o2)sc2cc(F)ccc21. The molecule has 4 aromatic rings. The maximum Gasteiger partial charge on any atom is 0.326 e. The molecule has 0 bridgehead atoms. The maximum absolute atomic E-state index is 13.6. The smallest absolute Gasteiger partial charge is 0.326 e. The van der Waals surface area contributed by atoms with E-state index in [0.29, 0.717) is 15.6 Å². The lowest BCUT2D eigenvalue weighted by atomic mass is 10.2. The summed E-state index contributed by atoms with van der Waals surface area (Å²) in [7, 11) is 0. The van der Waals surface area contributed by atoms with Crippen LogP contribution in [0.4, 0.5) is 4.39 Å². The Morgan fingerprint density at radius 2 is 2.00 bits per heavy atom. The number of hydrogen-bond acceptors (Lipinski definition) is 6. The zero-order valence-electron chi connectivity index (χ0n) is 15.8. The number of carbonyl (C=O) groups excluding carboxylic acids is 2. The Morgan fingerprint density at radius 1 is 1.20 bits per heavy atom. The van der Waals surface area contributed by atoms with Gasteiger partial charge in [-0.15, -0.1) is 0 Å². The van der Waals surface area contributed by atoms with Crippen molar-refractivity contribution in [3.05, 3.63) is 75.1 Å². The lowest BCUT2D eigenvalue weighted by Crippen LogP contribution is -2.23. The molecular formula is C21H15FN2O5S. The van der Waals surface area contributed by atoms with Gasteiger partial charge in [0, 0.05) is 6.07 Å². The van der Waals surface area contributed by atoms with E-state index in [4.69, 9.17) is 9.15 Å². The minimum atomic E-state index is -0.789. The number of para-hydroxylation sites is 1. The number of carbonyl (C=O) groups is 2. The summed E-state index contributed by atoms with van der Waals surface area (Å²) in [4.78, 5) is 41.2. The van der Waals surface area contributed by atoms with Crippen molar-refractivity contribution >= 4 is 44.4 Å². The standard InChI is InChI=1S/C21H15FN2O5S/c1-2-28-19(26)11-24-14-8-7-12(22)9-18(14)30-21(24)23-20(27)17-10-15(25)13-5-3-4-6-16(13)29-17/h3-10H,2,11H2,1H3. The van der Waals surface area contributed by atoms with Crippen molar-refractivity contribution in [2.75, 3.05) is 6.61 Å². The van der Waals surface area contributed by atoms with E-state index in [-0.39, 0.29) is 34.7 Å². The lowest BCUT2D eigenvalue weighted by Gasteiger charge is -2.05. The lowest BCUT2D eigenvalue weighted by molar-refractivity contribution is -0.143. The number of ether oxygens (including phenoxy) is 1. The molecule has 1 amide bonds. The fourth-order valence-electron chi connectivity index (χ4n) is 2.97. The van der Waals surface area contributed by atoms with Crippen LogP contribution >= 0.6 is 11.3 Å². The van der Waals surface area contributed by atoms with Gasteiger partial charge in [0.05, 0.1) is 22.2 Å². The van der Waals surface area contributed by atoms with E-state index in [2.05, 4.69) is 4.99 Å². The fraction of sp³-hybridized carbons (Fsp3) is 0.143. The summed E-state index contributed by atoms with van der Waals surface area (Å²) in [5, 5.41) is 0.351. The Hall–Kier alpha value is -3.59. The molecule has 2 heterocycles. The van der Waals surface area contributed by atoms with Crippen molar-refractivity contribution in [2.24, 2.45) is 4.99 Å². The highest BCUT2D eigenvalue weighted by Gasteiger charge is 2.15. The highest BCUT2D eigenvalue weighted by atomic mass is 32.1. The Labute approximate surface area is 172 Å². The Kier molecular flexibility index (Phi) is 5.28. The van der Waals surface area contributed by atoms with Gasteiger partial charge in [0.1, 0.15) is 17.9 Å². The normalized spacial score (nSPS) is 11.9. The predicted octanol–water partition coefficient (Wildman–Crippen LogP) is 3.25. The number of aromatic nitrogens is 1. The number of thiazole rings is 1. The van der Waals surface area contributed by atoms with Crippen molar-refractivity contribution in [3.63, 3.8) is 0 Å². The third-order valence-corrected chi connectivity index (χ3v) is 5.32. The van der Waals surface area contributed by atoms with Crippen LogP contribution in [0.15, 0.2) is 62.7 Å². The predicted molar refractivity (Wildman–Crippen MR) is 109 cm³/mol. The van der Waals surface area contributed by atoms with Crippen molar-refractivity contribution in [1.82, 2.24) is 4.57 Å². The minimum absolute atomic E-state index is 0.157. The highest BCUT2D eigenvalue weighted by Crippen LogP contribution is 2.19. The molecule has 4 rings (SSSR count). The van der Waals surface area contributed by atoms with E-state index in [0.717, 1.165) is 17.4 Å². The molecule has 0 aliphatic rings. The molecule has 0 saturated heterocycles. The molecule has 30 heavy (non-hydrogen) atoms. The second kappa shape index (κ2) is 8.03. The molecule has 9 heteroatoms. The first-order valence-corrected chi connectivity index (χ1v) is 9.84. The summed E-state index contributed by atoms with van der Waals surface area (Å²) in [6, 6.07) is 11.7. The first-order chi connectivity index (χ1) is 14.5. The maximum atomic E-state index is 13.6. The number of nitrogens with zero attached hydrogens (tertiary/aromatic N) is 2. The fourth-order valence-corrected chi connectivity index (χ4v) is 4.02. The van der Waals surface area contributed by atoms with E-state index in [1.54, 1.807) is 31.2 Å². The Balaban J connectivity index is 1.84. The zero-order chi connectivity index (χ0) is 21.3. The number of benzene rings is 2. The first-order valence-electron chi connectivity index (χ1n) is 9.02. The molecule has 0 fully saturated rings. The van der Waals surface area contributed by atoms with Crippen LogP contribution in [0.5, 0.6) is 0 Å². The number of esters is 1. The van der Waals surface area contributed by atoms with E-state index >= 15 is 0 Å². The van der Waals surface area contributed by atoms with Gasteiger partial charge in [-0.25, -0.2) is 4.39 Å². The van der Waals surface area contributed by atoms with Gasteiger partial charge in [0.25, 0.3) is 0 Å². The molecule has 0 N–H and O–H groups in total. The minimum Gasteiger partial charge on any atom is -0.465 e. The van der Waals surface area contributed by atoms with Crippen LogP contribution in [0.3, 0.4) is 0 Å². The van der Waals surface area contributed by atoms with Crippen molar-refractivity contribution in [1.29, 1.82) is 0 Å². The van der Waals surface area contributed by atoms with E-state index in [1.807, 2.05) is 0 Å². The van der Waals surface area contributed by atoms with Gasteiger partial charge in [-0.1, -0.05) is 23.5 Å². The van der Waals surface area contributed by atoms with Gasteiger partial charge in [0.15, 0.2) is 16.0 Å². The van der Waals surface area contributed by atoms with Gasteiger partial charge in [-0.05, 0) is 37.3 Å². The van der Waals surface area contributed by atoms with E-state index < -0.39 is 17.7 Å². The number of fused-ring (bicyclic) bond motifs is 2.